The fourth-order valence-corrected chi connectivity index (χ4v) is 2.02. The minimum atomic E-state index is -0.757. The molecule has 108 valence electrons. The van der Waals surface area contributed by atoms with E-state index in [0.717, 1.165) is 23.1 Å². The van der Waals surface area contributed by atoms with Gasteiger partial charge in [-0.15, -0.1) is 0 Å². The first-order valence-corrected chi connectivity index (χ1v) is 6.89. The Morgan fingerprint density at radius 1 is 1.00 bits per heavy atom. The molecule has 0 saturated heterocycles. The predicted octanol–water partition coefficient (Wildman–Crippen LogP) is 4.76. The van der Waals surface area contributed by atoms with Crippen LogP contribution in [0, 0.1) is 5.82 Å². The summed E-state index contributed by atoms with van der Waals surface area (Å²) in [4.78, 5) is 10.4. The number of carbonyl (C=O) groups is 1. The molecular formula is C18H17FO2. The molecule has 2 aromatic carbocycles. The number of carboxylic acid groups (broad SMARTS) is 1. The van der Waals surface area contributed by atoms with E-state index >= 15 is 0 Å². The Morgan fingerprint density at radius 2 is 1.57 bits per heavy atom. The van der Waals surface area contributed by atoms with E-state index in [9.17, 15) is 9.18 Å². The lowest BCUT2D eigenvalue weighted by Crippen LogP contribution is -1.92. The Bertz CT molecular complexity index is 613. The Kier molecular flexibility index (Phi) is 5.27. The number of hydrogen-bond donors (Lipinski definition) is 1. The molecule has 0 unspecified atom stereocenters. The van der Waals surface area contributed by atoms with Crippen LogP contribution in [-0.4, -0.2) is 11.1 Å². The first kappa shape index (κ1) is 15.0. The smallest absolute Gasteiger partial charge is 0.303 e. The second-order valence-corrected chi connectivity index (χ2v) is 4.82. The molecule has 3 heteroatoms. The highest BCUT2D eigenvalue weighted by Gasteiger charge is 1.98. The maximum Gasteiger partial charge on any atom is 0.303 e. The van der Waals surface area contributed by atoms with Gasteiger partial charge in [0.2, 0.25) is 0 Å². The summed E-state index contributed by atoms with van der Waals surface area (Å²) in [6.45, 7) is 0. The standard InChI is InChI=1S/C18H17FO2/c19-17-12-10-16(11-13-17)15-8-6-14(7-9-15)4-2-1-3-5-18(20)21/h2,4,6-13H,1,3,5H2,(H,20,21). The summed E-state index contributed by atoms with van der Waals surface area (Å²) in [5.74, 6) is -0.994. The van der Waals surface area contributed by atoms with Crippen molar-refractivity contribution >= 4 is 12.0 Å². The minimum absolute atomic E-state index is 0.202. The molecule has 2 aromatic rings. The fraction of sp³-hybridized carbons (Fsp3) is 0.167. The Balaban J connectivity index is 1.94. The van der Waals surface area contributed by atoms with E-state index in [1.54, 1.807) is 12.1 Å². The van der Waals surface area contributed by atoms with Crippen molar-refractivity contribution in [1.82, 2.24) is 0 Å². The molecule has 2 nitrogen and oxygen atoms in total. The van der Waals surface area contributed by atoms with Crippen molar-refractivity contribution in [2.45, 2.75) is 19.3 Å². The van der Waals surface area contributed by atoms with Crippen molar-refractivity contribution in [3.8, 4) is 11.1 Å². The molecule has 0 aliphatic heterocycles. The van der Waals surface area contributed by atoms with Crippen LogP contribution < -0.4 is 0 Å². The van der Waals surface area contributed by atoms with Crippen LogP contribution in [0.1, 0.15) is 24.8 Å². The lowest BCUT2D eigenvalue weighted by atomic mass is 10.0. The molecule has 0 aliphatic rings. The van der Waals surface area contributed by atoms with Crippen LogP contribution in [0.4, 0.5) is 4.39 Å². The summed E-state index contributed by atoms with van der Waals surface area (Å²) < 4.78 is 12.9. The van der Waals surface area contributed by atoms with Gasteiger partial charge in [-0.05, 0) is 41.7 Å². The highest BCUT2D eigenvalue weighted by molar-refractivity contribution is 5.67. The first-order valence-electron chi connectivity index (χ1n) is 6.89. The molecule has 0 amide bonds. The van der Waals surface area contributed by atoms with E-state index in [2.05, 4.69) is 0 Å². The molecule has 0 atom stereocenters. The topological polar surface area (TPSA) is 37.3 Å². The molecule has 2 rings (SSSR count). The van der Waals surface area contributed by atoms with Gasteiger partial charge in [-0.25, -0.2) is 4.39 Å². The van der Waals surface area contributed by atoms with Crippen molar-refractivity contribution in [1.29, 1.82) is 0 Å². The van der Waals surface area contributed by atoms with E-state index < -0.39 is 5.97 Å². The molecule has 0 fully saturated rings. The van der Waals surface area contributed by atoms with E-state index in [1.807, 2.05) is 36.4 Å². The Hall–Kier alpha value is -2.42. The largest absolute Gasteiger partial charge is 0.481 e. The minimum Gasteiger partial charge on any atom is -0.481 e. The average Bonchev–Trinajstić information content (AvgIpc) is 2.48. The molecule has 0 aromatic heterocycles. The van der Waals surface area contributed by atoms with Crippen molar-refractivity contribution in [2.75, 3.05) is 0 Å². The van der Waals surface area contributed by atoms with Gasteiger partial charge < -0.3 is 5.11 Å². The van der Waals surface area contributed by atoms with Crippen LogP contribution in [0.2, 0.25) is 0 Å². The molecule has 0 heterocycles. The van der Waals surface area contributed by atoms with Gasteiger partial charge in [-0.3, -0.25) is 4.79 Å². The molecule has 21 heavy (non-hydrogen) atoms. The van der Waals surface area contributed by atoms with Gasteiger partial charge in [0, 0.05) is 6.42 Å². The average molecular weight is 284 g/mol. The maximum absolute atomic E-state index is 12.9. The van der Waals surface area contributed by atoms with Gasteiger partial charge in [0.25, 0.3) is 0 Å². The highest BCUT2D eigenvalue weighted by Crippen LogP contribution is 2.20. The van der Waals surface area contributed by atoms with Crippen molar-refractivity contribution < 1.29 is 14.3 Å². The van der Waals surface area contributed by atoms with Crippen LogP contribution in [-0.2, 0) is 4.79 Å². The summed E-state index contributed by atoms with van der Waals surface area (Å²) in [7, 11) is 0. The molecule has 0 saturated carbocycles. The zero-order chi connectivity index (χ0) is 15.1. The lowest BCUT2D eigenvalue weighted by molar-refractivity contribution is -0.137. The van der Waals surface area contributed by atoms with E-state index in [1.165, 1.54) is 12.1 Å². The summed E-state index contributed by atoms with van der Waals surface area (Å²) in [6.07, 6.45) is 5.57. The number of benzene rings is 2. The second kappa shape index (κ2) is 7.39. The van der Waals surface area contributed by atoms with Gasteiger partial charge in [0.1, 0.15) is 5.82 Å². The Labute approximate surface area is 123 Å². The molecule has 0 spiro atoms. The fourth-order valence-electron chi connectivity index (χ4n) is 2.02. The third kappa shape index (κ3) is 4.88. The van der Waals surface area contributed by atoms with Crippen LogP contribution in [0.3, 0.4) is 0 Å². The Morgan fingerprint density at radius 3 is 2.14 bits per heavy atom. The van der Waals surface area contributed by atoms with E-state index in [0.29, 0.717) is 6.42 Å². The van der Waals surface area contributed by atoms with Gasteiger partial charge in [-0.1, -0.05) is 48.6 Å². The third-order valence-electron chi connectivity index (χ3n) is 3.16. The number of aliphatic carboxylic acids is 1. The van der Waals surface area contributed by atoms with Crippen molar-refractivity contribution in [3.63, 3.8) is 0 Å². The molecule has 0 bridgehead atoms. The summed E-state index contributed by atoms with van der Waals surface area (Å²) in [6, 6.07) is 14.4. The van der Waals surface area contributed by atoms with Gasteiger partial charge in [0.05, 0.1) is 0 Å². The van der Waals surface area contributed by atoms with E-state index in [4.69, 9.17) is 5.11 Å². The van der Waals surface area contributed by atoms with Gasteiger partial charge in [0.15, 0.2) is 0 Å². The van der Waals surface area contributed by atoms with E-state index in [-0.39, 0.29) is 12.2 Å². The van der Waals surface area contributed by atoms with Crippen LogP contribution in [0.5, 0.6) is 0 Å². The van der Waals surface area contributed by atoms with Crippen molar-refractivity contribution in [3.05, 3.63) is 66.0 Å². The molecule has 1 N–H and O–H groups in total. The third-order valence-corrected chi connectivity index (χ3v) is 3.16. The maximum atomic E-state index is 12.9. The quantitative estimate of drug-likeness (QED) is 0.776. The van der Waals surface area contributed by atoms with Gasteiger partial charge in [-0.2, -0.15) is 0 Å². The molecular weight excluding hydrogens is 267 g/mol. The molecule has 0 radical (unpaired) electrons. The lowest BCUT2D eigenvalue weighted by Gasteiger charge is -2.02. The number of carboxylic acids is 1. The van der Waals surface area contributed by atoms with Crippen molar-refractivity contribution in [2.24, 2.45) is 0 Å². The summed E-state index contributed by atoms with van der Waals surface area (Å²) >= 11 is 0. The number of rotatable bonds is 6. The zero-order valence-corrected chi connectivity index (χ0v) is 11.6. The van der Waals surface area contributed by atoms with Crippen LogP contribution >= 0.6 is 0 Å². The number of hydrogen-bond acceptors (Lipinski definition) is 1. The number of allylic oxidation sites excluding steroid dienone is 1. The first-order chi connectivity index (χ1) is 10.1. The van der Waals surface area contributed by atoms with Gasteiger partial charge >= 0.3 is 5.97 Å². The van der Waals surface area contributed by atoms with Crippen LogP contribution in [0.15, 0.2) is 54.6 Å². The normalized spacial score (nSPS) is 10.9. The SMILES string of the molecule is O=C(O)CCCC=Cc1ccc(-c2ccc(F)cc2)cc1. The summed E-state index contributed by atoms with van der Waals surface area (Å²) in [5.41, 5.74) is 3.09. The van der Waals surface area contributed by atoms with Crippen LogP contribution in [0.25, 0.3) is 17.2 Å². The monoisotopic (exact) mass is 284 g/mol. The molecule has 0 aliphatic carbocycles. The second-order valence-electron chi connectivity index (χ2n) is 4.82. The predicted molar refractivity (Wildman–Crippen MR) is 82.4 cm³/mol. The number of halogens is 1. The zero-order valence-electron chi connectivity index (χ0n) is 11.6. The number of unbranched alkanes of at least 4 members (excludes halogenated alkanes) is 1. The highest BCUT2D eigenvalue weighted by atomic mass is 19.1. The summed E-state index contributed by atoms with van der Waals surface area (Å²) in [5, 5.41) is 8.54.